The van der Waals surface area contributed by atoms with Gasteiger partial charge in [0.2, 0.25) is 0 Å². The van der Waals surface area contributed by atoms with Crippen LogP contribution in [0.15, 0.2) is 72.8 Å². The van der Waals surface area contributed by atoms with Crippen molar-refractivity contribution in [3.05, 3.63) is 100 Å². The first kappa shape index (κ1) is 17.6. The van der Waals surface area contributed by atoms with Crippen molar-refractivity contribution in [2.75, 3.05) is 11.9 Å². The second kappa shape index (κ2) is 7.45. The Morgan fingerprint density at radius 1 is 1.00 bits per heavy atom. The van der Waals surface area contributed by atoms with Gasteiger partial charge in [0.15, 0.2) is 0 Å². The van der Waals surface area contributed by atoms with Crippen LogP contribution in [-0.2, 0) is 6.42 Å². The van der Waals surface area contributed by atoms with Gasteiger partial charge in [-0.25, -0.2) is 4.79 Å². The maximum absolute atomic E-state index is 13.2. The van der Waals surface area contributed by atoms with E-state index in [1.54, 1.807) is 0 Å². The minimum atomic E-state index is -0.201. The average molecular weight is 377 g/mol. The maximum Gasteiger partial charge on any atom is 0.322 e. The molecular formula is C23H21ClN2O. The van der Waals surface area contributed by atoms with E-state index >= 15 is 0 Å². The Hall–Kier alpha value is -2.78. The van der Waals surface area contributed by atoms with Gasteiger partial charge in [0, 0.05) is 17.3 Å². The Morgan fingerprint density at radius 3 is 2.52 bits per heavy atom. The molecule has 1 aliphatic rings. The number of nitrogens with zero attached hydrogens (tertiary/aromatic N) is 1. The lowest BCUT2D eigenvalue weighted by Gasteiger charge is -2.38. The molecule has 4 rings (SSSR count). The Kier molecular flexibility index (Phi) is 4.87. The fourth-order valence-electron chi connectivity index (χ4n) is 3.74. The molecule has 0 aliphatic carbocycles. The molecule has 0 aromatic heterocycles. The molecule has 0 saturated heterocycles. The molecule has 0 radical (unpaired) electrons. The summed E-state index contributed by atoms with van der Waals surface area (Å²) in [5.74, 6) is 0. The molecule has 1 aliphatic heterocycles. The van der Waals surface area contributed by atoms with Gasteiger partial charge in [0.25, 0.3) is 0 Å². The van der Waals surface area contributed by atoms with Crippen molar-refractivity contribution < 1.29 is 4.79 Å². The molecule has 0 saturated carbocycles. The van der Waals surface area contributed by atoms with Crippen LogP contribution in [0.1, 0.15) is 28.3 Å². The number of hydrogen-bond acceptors (Lipinski definition) is 1. The zero-order valence-corrected chi connectivity index (χ0v) is 15.9. The number of rotatable bonds is 2. The fourth-order valence-corrected chi connectivity index (χ4v) is 3.97. The van der Waals surface area contributed by atoms with E-state index in [4.69, 9.17) is 11.6 Å². The normalized spacial score (nSPS) is 15.9. The zero-order chi connectivity index (χ0) is 18.8. The lowest BCUT2D eigenvalue weighted by Crippen LogP contribution is -2.43. The van der Waals surface area contributed by atoms with Crippen molar-refractivity contribution in [1.29, 1.82) is 0 Å². The van der Waals surface area contributed by atoms with Gasteiger partial charge < -0.3 is 10.2 Å². The summed E-state index contributed by atoms with van der Waals surface area (Å²) in [5, 5.41) is 3.72. The van der Waals surface area contributed by atoms with E-state index in [-0.39, 0.29) is 12.1 Å². The van der Waals surface area contributed by atoms with E-state index < -0.39 is 0 Å². The molecule has 136 valence electrons. The number of hydrogen-bond donors (Lipinski definition) is 1. The molecule has 4 heteroatoms. The third-order valence-electron chi connectivity index (χ3n) is 5.01. The molecule has 27 heavy (non-hydrogen) atoms. The van der Waals surface area contributed by atoms with Crippen LogP contribution >= 0.6 is 11.6 Å². The van der Waals surface area contributed by atoms with Gasteiger partial charge >= 0.3 is 6.03 Å². The number of halogens is 1. The number of aryl methyl sites for hydroxylation is 1. The molecule has 0 bridgehead atoms. The molecule has 3 aromatic carbocycles. The summed E-state index contributed by atoms with van der Waals surface area (Å²) < 4.78 is 0. The summed E-state index contributed by atoms with van der Waals surface area (Å²) >= 11 is 6.52. The maximum atomic E-state index is 13.2. The summed E-state index contributed by atoms with van der Waals surface area (Å²) in [4.78, 5) is 15.0. The van der Waals surface area contributed by atoms with Crippen LogP contribution in [0, 0.1) is 6.92 Å². The van der Waals surface area contributed by atoms with Crippen molar-refractivity contribution >= 4 is 23.3 Å². The summed E-state index contributed by atoms with van der Waals surface area (Å²) in [6.07, 6.45) is 0.832. The molecule has 0 spiro atoms. The topological polar surface area (TPSA) is 32.3 Å². The van der Waals surface area contributed by atoms with E-state index in [9.17, 15) is 4.79 Å². The van der Waals surface area contributed by atoms with Gasteiger partial charge in [-0.1, -0.05) is 66.2 Å². The molecule has 0 fully saturated rings. The summed E-state index contributed by atoms with van der Waals surface area (Å²) in [7, 11) is 0. The molecule has 2 amide bonds. The van der Waals surface area contributed by atoms with E-state index in [1.165, 1.54) is 5.56 Å². The largest absolute Gasteiger partial charge is 0.322 e. The Bertz CT molecular complexity index is 985. The number of benzene rings is 3. The van der Waals surface area contributed by atoms with Gasteiger partial charge in [-0.05, 0) is 53.8 Å². The van der Waals surface area contributed by atoms with Crippen LogP contribution in [0.25, 0.3) is 0 Å². The van der Waals surface area contributed by atoms with Crippen LogP contribution in [0.4, 0.5) is 10.5 Å². The van der Waals surface area contributed by atoms with Gasteiger partial charge in [0.1, 0.15) is 0 Å². The third kappa shape index (κ3) is 3.56. The van der Waals surface area contributed by atoms with Crippen LogP contribution in [0.5, 0.6) is 0 Å². The zero-order valence-electron chi connectivity index (χ0n) is 15.2. The first-order valence-corrected chi connectivity index (χ1v) is 9.48. The van der Waals surface area contributed by atoms with Crippen LogP contribution < -0.4 is 5.32 Å². The SMILES string of the molecule is Cc1cccc(NC(=O)N2CCc3ccccc3C2c2ccccc2Cl)c1. The molecule has 1 N–H and O–H groups in total. The van der Waals surface area contributed by atoms with Crippen molar-refractivity contribution in [3.63, 3.8) is 0 Å². The van der Waals surface area contributed by atoms with E-state index in [2.05, 4.69) is 17.4 Å². The highest BCUT2D eigenvalue weighted by molar-refractivity contribution is 6.31. The van der Waals surface area contributed by atoms with Crippen LogP contribution in [0.2, 0.25) is 5.02 Å². The summed E-state index contributed by atoms with van der Waals surface area (Å²) in [6.45, 7) is 2.66. The fraction of sp³-hybridized carbons (Fsp3) is 0.174. The minimum Gasteiger partial charge on any atom is -0.313 e. The number of fused-ring (bicyclic) bond motifs is 1. The predicted octanol–water partition coefficient (Wildman–Crippen LogP) is 5.83. The number of anilines is 1. The second-order valence-electron chi connectivity index (χ2n) is 6.87. The first-order chi connectivity index (χ1) is 13.1. The highest BCUT2D eigenvalue weighted by atomic mass is 35.5. The van der Waals surface area contributed by atoms with Gasteiger partial charge in [0.05, 0.1) is 6.04 Å². The average Bonchev–Trinajstić information content (AvgIpc) is 2.67. The lowest BCUT2D eigenvalue weighted by molar-refractivity contribution is 0.194. The van der Waals surface area contributed by atoms with Gasteiger partial charge in [-0.3, -0.25) is 0 Å². The van der Waals surface area contributed by atoms with E-state index in [0.29, 0.717) is 11.6 Å². The Labute approximate surface area is 164 Å². The molecule has 3 aromatic rings. The smallest absolute Gasteiger partial charge is 0.313 e. The minimum absolute atomic E-state index is 0.111. The molecule has 1 unspecified atom stereocenters. The Morgan fingerprint density at radius 2 is 1.74 bits per heavy atom. The van der Waals surface area contributed by atoms with Crippen LogP contribution in [-0.4, -0.2) is 17.5 Å². The number of amides is 2. The predicted molar refractivity (Wildman–Crippen MR) is 110 cm³/mol. The monoisotopic (exact) mass is 376 g/mol. The first-order valence-electron chi connectivity index (χ1n) is 9.10. The number of carbonyl (C=O) groups excluding carboxylic acids is 1. The van der Waals surface area contributed by atoms with Gasteiger partial charge in [-0.2, -0.15) is 0 Å². The summed E-state index contributed by atoms with van der Waals surface area (Å²) in [6, 6.07) is 23.6. The second-order valence-corrected chi connectivity index (χ2v) is 7.27. The number of nitrogens with one attached hydrogen (secondary N) is 1. The number of carbonyl (C=O) groups is 1. The summed E-state index contributed by atoms with van der Waals surface area (Å²) in [5.41, 5.74) is 5.26. The van der Waals surface area contributed by atoms with Crippen molar-refractivity contribution in [3.8, 4) is 0 Å². The van der Waals surface area contributed by atoms with Crippen molar-refractivity contribution in [2.45, 2.75) is 19.4 Å². The highest BCUT2D eigenvalue weighted by Gasteiger charge is 2.33. The van der Waals surface area contributed by atoms with Crippen molar-refractivity contribution in [1.82, 2.24) is 4.90 Å². The Balaban J connectivity index is 1.72. The van der Waals surface area contributed by atoms with E-state index in [1.807, 2.05) is 72.5 Å². The molecule has 3 nitrogen and oxygen atoms in total. The molecular weight excluding hydrogens is 356 g/mol. The molecule has 1 heterocycles. The third-order valence-corrected chi connectivity index (χ3v) is 5.36. The lowest BCUT2D eigenvalue weighted by atomic mass is 9.88. The van der Waals surface area contributed by atoms with Crippen molar-refractivity contribution in [2.24, 2.45) is 0 Å². The highest BCUT2D eigenvalue weighted by Crippen LogP contribution is 2.38. The quantitative estimate of drug-likeness (QED) is 0.599. The number of urea groups is 1. The standard InChI is InChI=1S/C23H21ClN2O/c1-16-7-6-9-18(15-16)25-23(27)26-14-13-17-8-2-3-10-19(17)22(26)20-11-4-5-12-21(20)24/h2-12,15,22H,13-14H2,1H3,(H,25,27). The molecule has 1 atom stereocenters. The van der Waals surface area contributed by atoms with Crippen LogP contribution in [0.3, 0.4) is 0 Å². The van der Waals surface area contributed by atoms with E-state index in [0.717, 1.165) is 28.8 Å². The van der Waals surface area contributed by atoms with Gasteiger partial charge in [-0.15, -0.1) is 0 Å².